The number of hydrogen-bond donors (Lipinski definition) is 0. The van der Waals surface area contributed by atoms with Crippen molar-refractivity contribution >= 4 is 5.78 Å². The molecule has 3 aliphatic carbocycles. The number of hydrogen-bond acceptors (Lipinski definition) is 2. The summed E-state index contributed by atoms with van der Waals surface area (Å²) in [6.45, 7) is 4.97. The topological polar surface area (TPSA) is 20.3 Å². The highest BCUT2D eigenvalue weighted by Crippen LogP contribution is 2.74. The lowest BCUT2D eigenvalue weighted by Crippen LogP contribution is -2.68. The van der Waals surface area contributed by atoms with E-state index in [0.29, 0.717) is 11.3 Å². The smallest absolute Gasteiger partial charge is 0.141 e. The number of Topliss-reactive ketones (excluding diaryl/α,β-unsaturated/α-hetero) is 1. The highest BCUT2D eigenvalue weighted by molar-refractivity contribution is 5.90. The molecule has 2 aliphatic heterocycles. The van der Waals surface area contributed by atoms with E-state index in [1.807, 2.05) is 0 Å². The van der Waals surface area contributed by atoms with Crippen LogP contribution in [-0.2, 0) is 4.79 Å². The molecular formula is C16H23NO. The van der Waals surface area contributed by atoms with Crippen LogP contribution < -0.4 is 0 Å². The third kappa shape index (κ3) is 0.801. The minimum Gasteiger partial charge on any atom is -0.299 e. The average Bonchev–Trinajstić information content (AvgIpc) is 2.59. The fraction of sp³-hybridized carbons (Fsp3) is 0.938. The molecule has 0 radical (unpaired) electrons. The van der Waals surface area contributed by atoms with Gasteiger partial charge in [0.25, 0.3) is 0 Å². The third-order valence-corrected chi connectivity index (χ3v) is 7.50. The maximum absolute atomic E-state index is 12.9. The molecule has 0 N–H and O–H groups in total. The largest absolute Gasteiger partial charge is 0.299 e. The van der Waals surface area contributed by atoms with Crippen LogP contribution in [-0.4, -0.2) is 29.3 Å². The zero-order valence-electron chi connectivity index (χ0n) is 11.3. The summed E-state index contributed by atoms with van der Waals surface area (Å²) in [5.41, 5.74) is 0.467. The Balaban J connectivity index is 1.78. The molecule has 0 aromatic rings. The first kappa shape index (κ1) is 10.4. The van der Waals surface area contributed by atoms with Gasteiger partial charge in [0.05, 0.1) is 5.41 Å². The summed E-state index contributed by atoms with van der Waals surface area (Å²) >= 11 is 0. The minimum absolute atomic E-state index is 0.126. The van der Waals surface area contributed by atoms with Gasteiger partial charge in [0.1, 0.15) is 5.78 Å². The van der Waals surface area contributed by atoms with Gasteiger partial charge in [-0.15, -0.1) is 0 Å². The normalized spacial score (nSPS) is 64.3. The van der Waals surface area contributed by atoms with Crippen molar-refractivity contribution in [2.45, 2.75) is 51.0 Å². The Labute approximate surface area is 109 Å². The molecule has 2 heteroatoms. The Morgan fingerprint density at radius 2 is 2.22 bits per heavy atom. The predicted molar refractivity (Wildman–Crippen MR) is 69.1 cm³/mol. The van der Waals surface area contributed by atoms with Crippen LogP contribution in [0.2, 0.25) is 0 Å². The van der Waals surface area contributed by atoms with Gasteiger partial charge in [0, 0.05) is 18.5 Å². The van der Waals surface area contributed by atoms with Crippen LogP contribution in [0.3, 0.4) is 0 Å². The lowest BCUT2D eigenvalue weighted by Gasteiger charge is -2.62. The maximum atomic E-state index is 12.9. The molecule has 3 saturated carbocycles. The van der Waals surface area contributed by atoms with Crippen molar-refractivity contribution in [3.05, 3.63) is 0 Å². The summed E-state index contributed by atoms with van der Waals surface area (Å²) in [7, 11) is 0. The van der Waals surface area contributed by atoms with Gasteiger partial charge in [0.15, 0.2) is 0 Å². The zero-order chi connectivity index (χ0) is 12.1. The SMILES string of the molecule is CC1CC2CC(=O)C34CCCN5C[C@H]3CC2[C@@]54C1. The molecule has 0 amide bonds. The van der Waals surface area contributed by atoms with Gasteiger partial charge in [-0.2, -0.15) is 0 Å². The zero-order valence-corrected chi connectivity index (χ0v) is 11.3. The van der Waals surface area contributed by atoms with Crippen LogP contribution >= 0.6 is 0 Å². The molecule has 6 bridgehead atoms. The van der Waals surface area contributed by atoms with Gasteiger partial charge in [-0.1, -0.05) is 6.92 Å². The lowest BCUT2D eigenvalue weighted by atomic mass is 9.49. The number of ketones is 1. The quantitative estimate of drug-likeness (QED) is 0.653. The lowest BCUT2D eigenvalue weighted by molar-refractivity contribution is -0.160. The fourth-order valence-corrected chi connectivity index (χ4v) is 7.42. The summed E-state index contributed by atoms with van der Waals surface area (Å²) < 4.78 is 0. The van der Waals surface area contributed by atoms with Crippen LogP contribution in [0.1, 0.15) is 45.4 Å². The van der Waals surface area contributed by atoms with Gasteiger partial charge >= 0.3 is 0 Å². The fourth-order valence-electron chi connectivity index (χ4n) is 7.42. The molecule has 5 aliphatic rings. The maximum Gasteiger partial charge on any atom is 0.141 e. The number of carbonyl (C=O) groups is 1. The van der Waals surface area contributed by atoms with Crippen molar-refractivity contribution < 1.29 is 4.79 Å². The van der Waals surface area contributed by atoms with E-state index in [0.717, 1.165) is 30.1 Å². The molecule has 18 heavy (non-hydrogen) atoms. The standard InChI is InChI=1S/C16H23NO/c1-10-5-11-6-14(18)15-3-2-4-17-9-12(15)7-13(11)16(15,17)8-10/h10-13H,2-9H2,1H3/t10?,11?,12-,13?,15?,16-/m1/s1. The minimum atomic E-state index is 0.126. The Kier molecular flexibility index (Phi) is 1.66. The van der Waals surface area contributed by atoms with Crippen molar-refractivity contribution in [3.8, 4) is 0 Å². The second kappa shape index (κ2) is 2.87. The van der Waals surface area contributed by atoms with Gasteiger partial charge in [0.2, 0.25) is 0 Å². The van der Waals surface area contributed by atoms with Crippen LogP contribution in [0.25, 0.3) is 0 Å². The van der Waals surface area contributed by atoms with Crippen molar-refractivity contribution in [1.82, 2.24) is 4.90 Å². The summed E-state index contributed by atoms with van der Waals surface area (Å²) in [6.07, 6.45) is 7.48. The highest BCUT2D eigenvalue weighted by Gasteiger charge is 2.79. The van der Waals surface area contributed by atoms with Crippen LogP contribution in [0.15, 0.2) is 0 Å². The van der Waals surface area contributed by atoms with Crippen molar-refractivity contribution in [2.75, 3.05) is 13.1 Å². The first-order valence-electron chi connectivity index (χ1n) is 7.97. The summed E-state index contributed by atoms with van der Waals surface area (Å²) in [5.74, 6) is 3.87. The molecule has 0 aromatic carbocycles. The van der Waals surface area contributed by atoms with Crippen LogP contribution in [0, 0.1) is 29.1 Å². The monoisotopic (exact) mass is 245 g/mol. The second-order valence-electron chi connectivity index (χ2n) is 7.92. The Hall–Kier alpha value is -0.370. The molecule has 5 fully saturated rings. The molecule has 0 aromatic heterocycles. The first-order chi connectivity index (χ1) is 8.68. The van der Waals surface area contributed by atoms with E-state index < -0.39 is 0 Å². The van der Waals surface area contributed by atoms with Crippen molar-refractivity contribution in [2.24, 2.45) is 29.1 Å². The van der Waals surface area contributed by atoms with Gasteiger partial charge in [-0.25, -0.2) is 0 Å². The van der Waals surface area contributed by atoms with E-state index >= 15 is 0 Å². The van der Waals surface area contributed by atoms with E-state index in [2.05, 4.69) is 11.8 Å². The Morgan fingerprint density at radius 1 is 1.33 bits per heavy atom. The van der Waals surface area contributed by atoms with Crippen LogP contribution in [0.5, 0.6) is 0 Å². The van der Waals surface area contributed by atoms with Crippen molar-refractivity contribution in [1.29, 1.82) is 0 Å². The number of carbonyl (C=O) groups excluding carboxylic acids is 1. The molecule has 5 rings (SSSR count). The van der Waals surface area contributed by atoms with E-state index in [-0.39, 0.29) is 5.41 Å². The molecule has 2 nitrogen and oxygen atoms in total. The van der Waals surface area contributed by atoms with Crippen LogP contribution in [0.4, 0.5) is 0 Å². The average molecular weight is 245 g/mol. The van der Waals surface area contributed by atoms with Gasteiger partial charge in [-0.05, 0) is 62.3 Å². The molecule has 2 heterocycles. The Morgan fingerprint density at radius 3 is 3.11 bits per heavy atom. The second-order valence-corrected chi connectivity index (χ2v) is 7.92. The summed E-state index contributed by atoms with van der Waals surface area (Å²) in [6, 6.07) is 0. The van der Waals surface area contributed by atoms with E-state index in [9.17, 15) is 4.79 Å². The van der Waals surface area contributed by atoms with Crippen molar-refractivity contribution in [3.63, 3.8) is 0 Å². The Bertz CT molecular complexity index is 446. The number of rotatable bonds is 0. The number of piperidine rings is 2. The predicted octanol–water partition coefficient (Wildman–Crippen LogP) is 2.48. The molecule has 98 valence electrons. The van der Waals surface area contributed by atoms with E-state index in [1.54, 1.807) is 0 Å². The number of nitrogens with zero attached hydrogens (tertiary/aromatic N) is 1. The van der Waals surface area contributed by atoms with E-state index in [1.165, 1.54) is 45.2 Å². The molecule has 1 spiro atoms. The summed E-state index contributed by atoms with van der Waals surface area (Å²) in [5, 5.41) is 0. The first-order valence-corrected chi connectivity index (χ1v) is 7.97. The molecule has 2 saturated heterocycles. The highest BCUT2D eigenvalue weighted by atomic mass is 16.1. The molecular weight excluding hydrogens is 222 g/mol. The third-order valence-electron chi connectivity index (χ3n) is 7.50. The van der Waals surface area contributed by atoms with E-state index in [4.69, 9.17) is 0 Å². The summed E-state index contributed by atoms with van der Waals surface area (Å²) in [4.78, 5) is 15.7. The molecule has 7 atom stereocenters. The van der Waals surface area contributed by atoms with Gasteiger partial charge < -0.3 is 0 Å². The molecule has 5 unspecified atom stereocenters. The van der Waals surface area contributed by atoms with Gasteiger partial charge in [-0.3, -0.25) is 9.69 Å².